The summed E-state index contributed by atoms with van der Waals surface area (Å²) in [6.07, 6.45) is 0.875. The van der Waals surface area contributed by atoms with Gasteiger partial charge in [-0.3, -0.25) is 0 Å². The molecule has 128 valence electrons. The summed E-state index contributed by atoms with van der Waals surface area (Å²) in [7, 11) is 0. The van der Waals surface area contributed by atoms with Gasteiger partial charge in [-0.05, 0) is 44.4 Å². The van der Waals surface area contributed by atoms with E-state index < -0.39 is 0 Å². The Kier molecular flexibility index (Phi) is 4.11. The maximum absolute atomic E-state index is 5.52. The third-order valence-electron chi connectivity index (χ3n) is 4.73. The number of hydrazine groups is 1. The molecule has 1 saturated heterocycles. The molecule has 0 bridgehead atoms. The molecule has 1 fully saturated rings. The van der Waals surface area contributed by atoms with E-state index in [9.17, 15) is 0 Å². The van der Waals surface area contributed by atoms with E-state index >= 15 is 0 Å². The highest BCUT2D eigenvalue weighted by Crippen LogP contribution is 2.32. The lowest BCUT2D eigenvalue weighted by Crippen LogP contribution is -2.27. The molecule has 0 saturated carbocycles. The standard InChI is InChI=1S/C20H22N4O/c1-12-5-4-6-15(9-12)19-21-20(25-24-19)18-11-17(22-23-18)16-10-13(2)7-8-14(16)3/h4-10,17-18,22-23H,11H2,1-3H3. The number of aryl methyl sites for hydroxylation is 3. The van der Waals surface area contributed by atoms with Crippen LogP contribution in [-0.4, -0.2) is 10.1 Å². The van der Waals surface area contributed by atoms with Crippen molar-refractivity contribution in [3.63, 3.8) is 0 Å². The molecule has 4 rings (SSSR count). The third kappa shape index (κ3) is 3.21. The summed E-state index contributed by atoms with van der Waals surface area (Å²) in [5.74, 6) is 1.26. The molecule has 0 aliphatic carbocycles. The first kappa shape index (κ1) is 16.0. The molecule has 5 nitrogen and oxygen atoms in total. The van der Waals surface area contributed by atoms with Crippen molar-refractivity contribution < 1.29 is 4.52 Å². The lowest BCUT2D eigenvalue weighted by Gasteiger charge is -2.13. The first-order valence-corrected chi connectivity index (χ1v) is 8.59. The fraction of sp³-hybridized carbons (Fsp3) is 0.300. The molecule has 2 atom stereocenters. The minimum Gasteiger partial charge on any atom is -0.337 e. The average Bonchev–Trinajstić information content (AvgIpc) is 3.26. The Morgan fingerprint density at radius 1 is 0.960 bits per heavy atom. The van der Waals surface area contributed by atoms with E-state index in [0.29, 0.717) is 11.7 Å². The van der Waals surface area contributed by atoms with Crippen LogP contribution >= 0.6 is 0 Å². The van der Waals surface area contributed by atoms with E-state index in [1.54, 1.807) is 0 Å². The maximum atomic E-state index is 5.52. The van der Waals surface area contributed by atoms with Gasteiger partial charge in [0.1, 0.15) is 6.04 Å². The lowest BCUT2D eigenvalue weighted by atomic mass is 9.96. The van der Waals surface area contributed by atoms with Crippen molar-refractivity contribution in [3.8, 4) is 11.4 Å². The lowest BCUT2D eigenvalue weighted by molar-refractivity contribution is 0.340. The molecule has 5 heteroatoms. The second-order valence-electron chi connectivity index (χ2n) is 6.82. The van der Waals surface area contributed by atoms with Gasteiger partial charge in [-0.25, -0.2) is 10.9 Å². The average molecular weight is 334 g/mol. The van der Waals surface area contributed by atoms with Crippen molar-refractivity contribution in [3.05, 3.63) is 70.6 Å². The van der Waals surface area contributed by atoms with Crippen molar-refractivity contribution in [2.75, 3.05) is 0 Å². The van der Waals surface area contributed by atoms with Crippen LogP contribution in [0.3, 0.4) is 0 Å². The first-order chi connectivity index (χ1) is 12.1. The fourth-order valence-corrected chi connectivity index (χ4v) is 3.34. The monoisotopic (exact) mass is 334 g/mol. The zero-order valence-corrected chi connectivity index (χ0v) is 14.7. The summed E-state index contributed by atoms with van der Waals surface area (Å²) in [4.78, 5) is 4.59. The fourth-order valence-electron chi connectivity index (χ4n) is 3.34. The van der Waals surface area contributed by atoms with E-state index in [1.165, 1.54) is 22.3 Å². The Labute approximate surface area is 147 Å². The Morgan fingerprint density at radius 2 is 1.76 bits per heavy atom. The van der Waals surface area contributed by atoms with Gasteiger partial charge in [-0.2, -0.15) is 4.98 Å². The molecular formula is C20H22N4O. The molecule has 2 heterocycles. The van der Waals surface area contributed by atoms with Crippen LogP contribution in [0.25, 0.3) is 11.4 Å². The van der Waals surface area contributed by atoms with Crippen molar-refractivity contribution in [2.24, 2.45) is 0 Å². The Hall–Kier alpha value is -2.50. The maximum Gasteiger partial charge on any atom is 0.245 e. The summed E-state index contributed by atoms with van der Waals surface area (Å²) >= 11 is 0. The normalized spacial score (nSPS) is 20.1. The molecular weight excluding hydrogens is 312 g/mol. The number of hydrogen-bond acceptors (Lipinski definition) is 5. The predicted octanol–water partition coefficient (Wildman–Crippen LogP) is 3.94. The van der Waals surface area contributed by atoms with Crippen LogP contribution in [-0.2, 0) is 0 Å². The Bertz CT molecular complexity index is 902. The van der Waals surface area contributed by atoms with Gasteiger partial charge < -0.3 is 4.52 Å². The highest BCUT2D eigenvalue weighted by atomic mass is 16.5. The topological polar surface area (TPSA) is 63.0 Å². The molecule has 1 aliphatic heterocycles. The van der Waals surface area contributed by atoms with Crippen LogP contribution in [0.1, 0.15) is 46.6 Å². The summed E-state index contributed by atoms with van der Waals surface area (Å²) in [5, 5.41) is 4.15. The minimum atomic E-state index is 0.0102. The van der Waals surface area contributed by atoms with Crippen molar-refractivity contribution in [1.29, 1.82) is 0 Å². The van der Waals surface area contributed by atoms with Crippen LogP contribution < -0.4 is 10.9 Å². The molecule has 2 unspecified atom stereocenters. The molecule has 2 N–H and O–H groups in total. The van der Waals surface area contributed by atoms with E-state index in [1.807, 2.05) is 12.1 Å². The van der Waals surface area contributed by atoms with Gasteiger partial charge in [0.25, 0.3) is 0 Å². The molecule has 0 radical (unpaired) electrons. The summed E-state index contributed by atoms with van der Waals surface area (Å²) in [5.41, 5.74) is 12.7. The van der Waals surface area contributed by atoms with E-state index in [-0.39, 0.29) is 12.1 Å². The van der Waals surface area contributed by atoms with Gasteiger partial charge in [0.2, 0.25) is 11.7 Å². The van der Waals surface area contributed by atoms with Gasteiger partial charge >= 0.3 is 0 Å². The van der Waals surface area contributed by atoms with Crippen LogP contribution in [0.4, 0.5) is 0 Å². The quantitative estimate of drug-likeness (QED) is 0.759. The van der Waals surface area contributed by atoms with Crippen LogP contribution in [0.2, 0.25) is 0 Å². The molecule has 25 heavy (non-hydrogen) atoms. The number of nitrogens with one attached hydrogen (secondary N) is 2. The SMILES string of the molecule is Cc1cccc(-c2noc(C3CC(c4cc(C)ccc4C)NN3)n2)c1. The second kappa shape index (κ2) is 6.43. The third-order valence-corrected chi connectivity index (χ3v) is 4.73. The van der Waals surface area contributed by atoms with Gasteiger partial charge in [0, 0.05) is 11.6 Å². The van der Waals surface area contributed by atoms with Crippen molar-refractivity contribution in [1.82, 2.24) is 21.0 Å². The first-order valence-electron chi connectivity index (χ1n) is 8.59. The van der Waals surface area contributed by atoms with Crippen LogP contribution in [0.5, 0.6) is 0 Å². The Balaban J connectivity index is 1.54. The van der Waals surface area contributed by atoms with Crippen LogP contribution in [0, 0.1) is 20.8 Å². The van der Waals surface area contributed by atoms with Gasteiger partial charge in [0.05, 0.1) is 0 Å². The molecule has 2 aromatic carbocycles. The number of hydrogen-bond donors (Lipinski definition) is 2. The highest BCUT2D eigenvalue weighted by Gasteiger charge is 2.31. The highest BCUT2D eigenvalue weighted by molar-refractivity contribution is 5.55. The zero-order valence-electron chi connectivity index (χ0n) is 14.7. The van der Waals surface area contributed by atoms with Crippen molar-refractivity contribution >= 4 is 0 Å². The molecule has 0 amide bonds. The summed E-state index contributed by atoms with van der Waals surface area (Å²) in [6.45, 7) is 6.32. The predicted molar refractivity (Wildman–Crippen MR) is 96.8 cm³/mol. The largest absolute Gasteiger partial charge is 0.337 e. The number of rotatable bonds is 3. The molecule has 0 spiro atoms. The molecule has 1 aliphatic rings. The Morgan fingerprint density at radius 3 is 2.60 bits per heavy atom. The van der Waals surface area contributed by atoms with Crippen LogP contribution in [0.15, 0.2) is 47.0 Å². The number of benzene rings is 2. The van der Waals surface area contributed by atoms with Gasteiger partial charge in [0.15, 0.2) is 0 Å². The van der Waals surface area contributed by atoms with Gasteiger partial charge in [-0.15, -0.1) is 0 Å². The van der Waals surface area contributed by atoms with E-state index in [4.69, 9.17) is 4.52 Å². The number of aromatic nitrogens is 2. The summed E-state index contributed by atoms with van der Waals surface area (Å²) in [6, 6.07) is 14.9. The molecule has 1 aromatic heterocycles. The number of nitrogens with zero attached hydrogens (tertiary/aromatic N) is 2. The molecule has 3 aromatic rings. The summed E-state index contributed by atoms with van der Waals surface area (Å²) < 4.78 is 5.52. The second-order valence-corrected chi connectivity index (χ2v) is 6.82. The van der Waals surface area contributed by atoms with E-state index in [0.717, 1.165) is 12.0 Å². The van der Waals surface area contributed by atoms with Crippen molar-refractivity contribution in [2.45, 2.75) is 39.3 Å². The van der Waals surface area contributed by atoms with E-state index in [2.05, 4.69) is 72.1 Å². The van der Waals surface area contributed by atoms with Gasteiger partial charge in [-0.1, -0.05) is 52.7 Å². The smallest absolute Gasteiger partial charge is 0.245 e. The zero-order chi connectivity index (χ0) is 17.4. The minimum absolute atomic E-state index is 0.0102.